The second-order valence-electron chi connectivity index (χ2n) is 18.6. The molecule has 6 rings (SSSR count). The molecule has 2 aromatic rings. The van der Waals surface area contributed by atoms with E-state index in [0.29, 0.717) is 13.1 Å². The van der Waals surface area contributed by atoms with E-state index in [-0.39, 0.29) is 56.6 Å². The Morgan fingerprint density at radius 3 is 2.21 bits per heavy atom. The largest absolute Gasteiger partial charge is 0.507 e. The highest BCUT2D eigenvalue weighted by Crippen LogP contribution is 2.55. The van der Waals surface area contributed by atoms with Gasteiger partial charge in [0.15, 0.2) is 5.75 Å². The summed E-state index contributed by atoms with van der Waals surface area (Å²) < 4.78 is 41.3. The van der Waals surface area contributed by atoms with Gasteiger partial charge in [0.25, 0.3) is 11.7 Å². The first-order valence-electron chi connectivity index (χ1n) is 22.8. The first-order valence-corrected chi connectivity index (χ1v) is 24.9. The number of nitrogens with zero attached hydrogens (tertiary/aromatic N) is 3. The van der Waals surface area contributed by atoms with Gasteiger partial charge in [-0.2, -0.15) is 5.10 Å². The summed E-state index contributed by atoms with van der Waals surface area (Å²) in [5.74, 6) is -9.42. The molecule has 0 aromatic heterocycles. The Balaban J connectivity index is 0.000000861. The van der Waals surface area contributed by atoms with Gasteiger partial charge in [-0.1, -0.05) is 45.9 Å². The monoisotopic (exact) mass is 1000 g/mol. The molecule has 2 aromatic carbocycles. The zero-order valence-corrected chi connectivity index (χ0v) is 42.4. The number of anilines is 1. The minimum absolute atomic E-state index is 0.0421. The number of aliphatic carboxylic acids is 1. The summed E-state index contributed by atoms with van der Waals surface area (Å²) >= 11 is 0. The van der Waals surface area contributed by atoms with Gasteiger partial charge in [-0.3, -0.25) is 33.2 Å². The summed E-state index contributed by atoms with van der Waals surface area (Å²) in [6.07, 6.45) is 6.22. The van der Waals surface area contributed by atoms with Crippen molar-refractivity contribution in [1.82, 2.24) is 9.91 Å². The van der Waals surface area contributed by atoms with Crippen molar-refractivity contribution in [2.75, 3.05) is 57.7 Å². The van der Waals surface area contributed by atoms with Crippen molar-refractivity contribution in [2.45, 2.75) is 98.1 Å². The number of benzene rings is 2. The number of esters is 1. The number of carbonyl (C=O) groups excluding carboxylic acids is 3. The number of carboxylic acid groups (broad SMARTS) is 1. The molecule has 5 bridgehead atoms. The van der Waals surface area contributed by atoms with E-state index in [9.17, 15) is 48.9 Å². The fraction of sp³-hybridized carbons (Fsp3) is 0.562. The summed E-state index contributed by atoms with van der Waals surface area (Å²) in [5.41, 5.74) is 4.77. The van der Waals surface area contributed by atoms with Gasteiger partial charge in [0.1, 0.15) is 29.4 Å². The van der Waals surface area contributed by atoms with Gasteiger partial charge in [0, 0.05) is 109 Å². The van der Waals surface area contributed by atoms with Crippen molar-refractivity contribution < 1.29 is 73.0 Å². The fourth-order valence-electron chi connectivity index (χ4n) is 8.40. The molecule has 4 heterocycles. The number of Topliss-reactive ketones (excluding diaryl/α,β-unsaturated/α-hetero) is 1. The molecule has 1 amide bonds. The standard InChI is InChI=1S/C43H58N4O12.C5H12N2O3S/c1-21-12-11-13-22(2)42(55)45-33-28(20-44-47-17-15-46(9)16-18-47)37(52)30-31(38(33)53)36(51)26(6)40-32(30)41(54)43(8,59-40)57-19-14-29(56-10)23(3)39(58-27(7)48)25(5)35(50)24(4)34(21)49;1-11(7,10)3-2-4(6)5(8)9/h11-14,19-21,23-25,29,34-35,39,49-53H,15-18H2,1-10H3,(H,45,55);4,7H,2-3,6H2,1H3,(H,8,9)/b12-11+,19-14+,22-13-,44-20+;/t21-,23-,24-,25+,29+,34-,35+,39-,43+;4-,11?/m10/s1. The number of ether oxygens (including phenoxy) is 4. The molecule has 1 unspecified atom stereocenters. The van der Waals surface area contributed by atoms with Crippen molar-refractivity contribution in [3.05, 3.63) is 52.8 Å². The number of carbonyl (C=O) groups is 4. The van der Waals surface area contributed by atoms with E-state index < -0.39 is 111 Å². The van der Waals surface area contributed by atoms with Crippen LogP contribution in [0.4, 0.5) is 5.69 Å². The van der Waals surface area contributed by atoms with Gasteiger partial charge >= 0.3 is 17.7 Å². The fourth-order valence-corrected chi connectivity index (χ4v) is 9.10. The van der Waals surface area contributed by atoms with Gasteiger partial charge < -0.3 is 65.5 Å². The van der Waals surface area contributed by atoms with E-state index >= 15 is 0 Å². The summed E-state index contributed by atoms with van der Waals surface area (Å²) in [4.78, 5) is 52.8. The van der Waals surface area contributed by atoms with Crippen molar-refractivity contribution >= 4 is 56.0 Å². The molecule has 22 heteroatoms. The average Bonchev–Trinajstić information content (AvgIpc) is 3.56. The number of allylic oxidation sites excluding steroid dienone is 2. The molecule has 1 saturated heterocycles. The number of nitrogens with one attached hydrogen (secondary N) is 2. The van der Waals surface area contributed by atoms with Gasteiger partial charge in [-0.05, 0) is 33.4 Å². The SMILES string of the molecule is CO[C@H]1/C=C/O[C@@]2(C)Oc3c(C)c(O)c4c(O)c(c(/C=N/N5CCN(C)CC5)c(O)c4c3C2=O)NC(=O)/C(C)=C\C=C\[C@@H](C)[C@@H](O)[C@@H](C)[C@H](O)[C@H](C)[C@H](OC(C)=O)[C@@H]1C.CS(=N)(=O)CC[C@H](N)C(=O)O. The zero-order chi connectivity index (χ0) is 52.7. The molecular formula is C48H70N6O15S. The number of hydrogen-bond acceptors (Lipinski definition) is 19. The lowest BCUT2D eigenvalue weighted by molar-refractivity contribution is -0.160. The van der Waals surface area contributed by atoms with Crippen LogP contribution in [0.2, 0.25) is 0 Å². The lowest BCUT2D eigenvalue weighted by atomic mass is 9.78. The Kier molecular flexibility index (Phi) is 19.0. The number of hydrogen-bond donors (Lipinski definition) is 9. The van der Waals surface area contributed by atoms with Gasteiger partial charge in [-0.15, -0.1) is 0 Å². The second-order valence-corrected chi connectivity index (χ2v) is 21.0. The number of rotatable bonds is 8. The number of methoxy groups -OCH3 is 1. The average molecular weight is 1000 g/mol. The number of piperazine rings is 1. The van der Waals surface area contributed by atoms with Crippen LogP contribution >= 0.6 is 0 Å². The normalized spacial score (nSPS) is 30.0. The van der Waals surface area contributed by atoms with Crippen LogP contribution in [0.25, 0.3) is 10.8 Å². The van der Waals surface area contributed by atoms with Crippen LogP contribution in [0.5, 0.6) is 23.0 Å². The van der Waals surface area contributed by atoms with E-state index in [1.54, 1.807) is 44.9 Å². The van der Waals surface area contributed by atoms with Crippen LogP contribution in [-0.2, 0) is 38.3 Å². The number of phenolic OH excluding ortho intramolecular Hbond substituents is 3. The third-order valence-corrected chi connectivity index (χ3v) is 14.0. The Hall–Kier alpha value is -5.78. The van der Waals surface area contributed by atoms with Crippen LogP contribution in [0.15, 0.2) is 41.2 Å². The number of aliphatic hydroxyl groups is 2. The smallest absolute Gasteiger partial charge is 0.320 e. The number of aliphatic hydroxyl groups excluding tert-OH is 2. The Labute approximate surface area is 408 Å². The van der Waals surface area contributed by atoms with Crippen LogP contribution in [-0.4, -0.2) is 163 Å². The highest BCUT2D eigenvalue weighted by atomic mass is 32.2. The molecule has 0 radical (unpaired) electrons. The predicted molar refractivity (Wildman–Crippen MR) is 262 cm³/mol. The molecule has 4 aliphatic rings. The third kappa shape index (κ3) is 13.1. The minimum Gasteiger partial charge on any atom is -0.507 e. The van der Waals surface area contributed by atoms with Crippen molar-refractivity contribution in [3.8, 4) is 23.0 Å². The molecule has 0 spiro atoms. The molecule has 0 aliphatic carbocycles. The van der Waals surface area contributed by atoms with Crippen molar-refractivity contribution in [1.29, 1.82) is 4.78 Å². The van der Waals surface area contributed by atoms with Crippen LogP contribution in [0.1, 0.15) is 76.4 Å². The highest BCUT2D eigenvalue weighted by Gasteiger charge is 2.50. The lowest BCUT2D eigenvalue weighted by Crippen LogP contribution is -2.46. The number of phenols is 3. The topological polar surface area (TPSA) is 324 Å². The minimum atomic E-state index is -2.60. The summed E-state index contributed by atoms with van der Waals surface area (Å²) in [7, 11) is 0.825. The van der Waals surface area contributed by atoms with E-state index in [0.717, 1.165) is 13.1 Å². The molecule has 70 heavy (non-hydrogen) atoms. The molecule has 4 aliphatic heterocycles. The van der Waals surface area contributed by atoms with Crippen LogP contribution in [0, 0.1) is 35.4 Å². The summed E-state index contributed by atoms with van der Waals surface area (Å²) in [6, 6.07) is -0.999. The van der Waals surface area contributed by atoms with E-state index in [2.05, 4.69) is 15.3 Å². The molecule has 10 N–H and O–H groups in total. The number of ketones is 1. The number of hydrazone groups is 1. The Morgan fingerprint density at radius 2 is 1.64 bits per heavy atom. The molecule has 0 saturated carbocycles. The van der Waals surface area contributed by atoms with Crippen molar-refractivity contribution in [2.24, 2.45) is 34.5 Å². The molecular weight excluding hydrogens is 933 g/mol. The van der Waals surface area contributed by atoms with Gasteiger partial charge in [-0.25, -0.2) is 0 Å². The number of aromatic hydroxyl groups is 3. The lowest BCUT2D eigenvalue weighted by Gasteiger charge is -2.38. The third-order valence-electron chi connectivity index (χ3n) is 13.0. The van der Waals surface area contributed by atoms with Gasteiger partial charge in [0.05, 0.1) is 53.0 Å². The second kappa shape index (κ2) is 23.4. The molecule has 388 valence electrons. The van der Waals surface area contributed by atoms with Crippen molar-refractivity contribution in [3.63, 3.8) is 0 Å². The van der Waals surface area contributed by atoms with Crippen LogP contribution < -0.4 is 15.8 Å². The number of fused-ring (bicyclic) bond motifs is 14. The van der Waals surface area contributed by atoms with Gasteiger partial charge in [0.2, 0.25) is 0 Å². The summed E-state index contributed by atoms with van der Waals surface area (Å²) in [6.45, 7) is 15.1. The Bertz CT molecular complexity index is 2520. The quantitative estimate of drug-likeness (QED) is 0.0786. The van der Waals surface area contributed by atoms with E-state index in [1.165, 1.54) is 65.7 Å². The first kappa shape index (κ1) is 56.8. The number of likely N-dealkylation sites (N-methyl/N-ethyl adjacent to an activating group) is 1. The maximum absolute atomic E-state index is 14.4. The van der Waals surface area contributed by atoms with Crippen LogP contribution in [0.3, 0.4) is 0 Å². The maximum Gasteiger partial charge on any atom is 0.320 e. The zero-order valence-electron chi connectivity index (χ0n) is 41.6. The Morgan fingerprint density at radius 1 is 1.01 bits per heavy atom. The summed E-state index contributed by atoms with van der Waals surface area (Å²) in [5, 5.41) is 75.1. The molecule has 21 nitrogen and oxygen atoms in total. The molecule has 1 fully saturated rings. The predicted octanol–water partition coefficient (Wildman–Crippen LogP) is 3.80. The number of nitrogens with two attached hydrogens (primary N) is 1. The number of carboxylic acids is 1. The molecule has 11 atom stereocenters. The maximum atomic E-state index is 14.4. The van der Waals surface area contributed by atoms with E-state index in [1.807, 2.05) is 7.05 Å². The first-order chi connectivity index (χ1) is 32.6. The van der Waals surface area contributed by atoms with E-state index in [4.69, 9.17) is 34.6 Å². The highest BCUT2D eigenvalue weighted by molar-refractivity contribution is 7.91. The number of amides is 1.